The van der Waals surface area contributed by atoms with Gasteiger partial charge in [0.2, 0.25) is 0 Å². The minimum absolute atomic E-state index is 0.0553. The highest BCUT2D eigenvalue weighted by Gasteiger charge is 2.29. The van der Waals surface area contributed by atoms with Crippen molar-refractivity contribution in [2.45, 2.75) is 45.3 Å². The third-order valence-corrected chi connectivity index (χ3v) is 3.28. The summed E-state index contributed by atoms with van der Waals surface area (Å²) in [4.78, 5) is 14.0. The number of carbonyl (C=O) groups excluding carboxylic acids is 1. The number of hydrogen-bond donors (Lipinski definition) is 0. The summed E-state index contributed by atoms with van der Waals surface area (Å²) in [6.45, 7) is 9.64. The Balaban J connectivity index is 2.14. The van der Waals surface area contributed by atoms with Gasteiger partial charge in [-0.2, -0.15) is 0 Å². The minimum atomic E-state index is -0.489. The molecule has 1 atom stereocenters. The van der Waals surface area contributed by atoms with Gasteiger partial charge < -0.3 is 4.74 Å². The summed E-state index contributed by atoms with van der Waals surface area (Å²) < 4.78 is 5.49. The SMILES string of the molecule is C=C1C=CN(C(=O)OC(C)(C)C)C(Cc2ccccc2)C1. The van der Waals surface area contributed by atoms with Crippen molar-refractivity contribution in [3.05, 3.63) is 60.3 Å². The van der Waals surface area contributed by atoms with Crippen molar-refractivity contribution < 1.29 is 9.53 Å². The van der Waals surface area contributed by atoms with Gasteiger partial charge in [0, 0.05) is 12.2 Å². The van der Waals surface area contributed by atoms with Crippen LogP contribution in [-0.4, -0.2) is 22.6 Å². The van der Waals surface area contributed by atoms with Crippen molar-refractivity contribution in [1.82, 2.24) is 4.90 Å². The lowest BCUT2D eigenvalue weighted by molar-refractivity contribution is 0.0262. The maximum Gasteiger partial charge on any atom is 0.414 e. The fourth-order valence-corrected chi connectivity index (χ4v) is 2.36. The van der Waals surface area contributed by atoms with Gasteiger partial charge in [-0.05, 0) is 45.3 Å². The molecule has 1 aliphatic heterocycles. The molecule has 0 saturated carbocycles. The van der Waals surface area contributed by atoms with E-state index in [0.717, 1.165) is 18.4 Å². The first-order valence-corrected chi connectivity index (χ1v) is 7.26. The zero-order valence-electron chi connectivity index (χ0n) is 13.0. The normalized spacial score (nSPS) is 18.7. The molecule has 0 spiro atoms. The van der Waals surface area contributed by atoms with Gasteiger partial charge in [0.1, 0.15) is 5.60 Å². The van der Waals surface area contributed by atoms with Crippen molar-refractivity contribution in [3.63, 3.8) is 0 Å². The lowest BCUT2D eigenvalue weighted by atomic mass is 9.96. The van der Waals surface area contributed by atoms with E-state index in [2.05, 4.69) is 18.7 Å². The monoisotopic (exact) mass is 285 g/mol. The van der Waals surface area contributed by atoms with Gasteiger partial charge in [0.15, 0.2) is 0 Å². The molecule has 112 valence electrons. The molecule has 3 heteroatoms. The van der Waals surface area contributed by atoms with E-state index in [1.807, 2.05) is 45.0 Å². The van der Waals surface area contributed by atoms with Crippen LogP contribution in [-0.2, 0) is 11.2 Å². The van der Waals surface area contributed by atoms with E-state index in [-0.39, 0.29) is 12.1 Å². The van der Waals surface area contributed by atoms with Gasteiger partial charge in [0.05, 0.1) is 0 Å². The van der Waals surface area contributed by atoms with Crippen LogP contribution < -0.4 is 0 Å². The van der Waals surface area contributed by atoms with E-state index in [1.54, 1.807) is 11.1 Å². The zero-order valence-corrected chi connectivity index (χ0v) is 13.0. The summed E-state index contributed by atoms with van der Waals surface area (Å²) in [5.74, 6) is 0. The number of amides is 1. The predicted octanol–water partition coefficient (Wildman–Crippen LogP) is 4.31. The molecule has 21 heavy (non-hydrogen) atoms. The largest absolute Gasteiger partial charge is 0.443 e. The lowest BCUT2D eigenvalue weighted by Crippen LogP contribution is -2.42. The van der Waals surface area contributed by atoms with Crippen LogP contribution in [0, 0.1) is 0 Å². The Kier molecular flexibility index (Phi) is 4.51. The number of hydrogen-bond acceptors (Lipinski definition) is 2. The van der Waals surface area contributed by atoms with Gasteiger partial charge in [-0.3, -0.25) is 4.90 Å². The number of nitrogens with zero attached hydrogens (tertiary/aromatic N) is 1. The van der Waals surface area contributed by atoms with Crippen LogP contribution in [0.4, 0.5) is 4.79 Å². The molecule has 1 heterocycles. The first-order valence-electron chi connectivity index (χ1n) is 7.26. The molecule has 0 aromatic heterocycles. The molecule has 0 fully saturated rings. The van der Waals surface area contributed by atoms with Crippen LogP contribution in [0.1, 0.15) is 32.8 Å². The number of benzene rings is 1. The summed E-state index contributed by atoms with van der Waals surface area (Å²) in [7, 11) is 0. The zero-order chi connectivity index (χ0) is 15.5. The van der Waals surface area contributed by atoms with Gasteiger partial charge >= 0.3 is 6.09 Å². The first-order chi connectivity index (χ1) is 9.85. The molecule has 3 nitrogen and oxygen atoms in total. The van der Waals surface area contributed by atoms with Crippen LogP contribution >= 0.6 is 0 Å². The smallest absolute Gasteiger partial charge is 0.414 e. The molecule has 0 radical (unpaired) electrons. The highest BCUT2D eigenvalue weighted by molar-refractivity contribution is 5.70. The molecule has 1 aromatic carbocycles. The summed E-state index contributed by atoms with van der Waals surface area (Å²) in [6.07, 6.45) is 4.93. The highest BCUT2D eigenvalue weighted by atomic mass is 16.6. The van der Waals surface area contributed by atoms with Gasteiger partial charge in [-0.25, -0.2) is 4.79 Å². The van der Waals surface area contributed by atoms with Crippen molar-refractivity contribution in [2.75, 3.05) is 0 Å². The molecule has 2 rings (SSSR count). The first kappa shape index (κ1) is 15.4. The second-order valence-electron chi connectivity index (χ2n) is 6.41. The molecule has 1 aliphatic rings. The Morgan fingerprint density at radius 1 is 1.33 bits per heavy atom. The quantitative estimate of drug-likeness (QED) is 0.810. The summed E-state index contributed by atoms with van der Waals surface area (Å²) in [6, 6.07) is 10.2. The van der Waals surface area contributed by atoms with E-state index in [9.17, 15) is 4.79 Å². The molecule has 1 aromatic rings. The Bertz CT molecular complexity index is 540. The number of carbonyl (C=O) groups is 1. The van der Waals surface area contributed by atoms with Crippen molar-refractivity contribution in [1.29, 1.82) is 0 Å². The van der Waals surface area contributed by atoms with Crippen LogP contribution in [0.2, 0.25) is 0 Å². The maximum absolute atomic E-state index is 12.3. The minimum Gasteiger partial charge on any atom is -0.443 e. The molecular weight excluding hydrogens is 262 g/mol. The van der Waals surface area contributed by atoms with Gasteiger partial charge in [-0.1, -0.05) is 42.5 Å². The molecule has 0 bridgehead atoms. The predicted molar refractivity (Wildman–Crippen MR) is 84.9 cm³/mol. The average molecular weight is 285 g/mol. The molecule has 1 amide bonds. The summed E-state index contributed by atoms with van der Waals surface area (Å²) in [5.41, 5.74) is 1.76. The van der Waals surface area contributed by atoms with E-state index >= 15 is 0 Å². The third-order valence-electron chi connectivity index (χ3n) is 3.28. The van der Waals surface area contributed by atoms with Crippen molar-refractivity contribution in [3.8, 4) is 0 Å². The second kappa shape index (κ2) is 6.17. The molecule has 0 aliphatic carbocycles. The highest BCUT2D eigenvalue weighted by Crippen LogP contribution is 2.24. The Labute approximate surface area is 126 Å². The van der Waals surface area contributed by atoms with Crippen LogP contribution in [0.5, 0.6) is 0 Å². The summed E-state index contributed by atoms with van der Waals surface area (Å²) in [5, 5.41) is 0. The van der Waals surface area contributed by atoms with Crippen molar-refractivity contribution >= 4 is 6.09 Å². The molecular formula is C18H23NO2. The molecule has 0 saturated heterocycles. The van der Waals surface area contributed by atoms with Crippen molar-refractivity contribution in [2.24, 2.45) is 0 Å². The third kappa shape index (κ3) is 4.48. The second-order valence-corrected chi connectivity index (χ2v) is 6.41. The van der Waals surface area contributed by atoms with E-state index in [4.69, 9.17) is 4.74 Å². The average Bonchev–Trinajstić information content (AvgIpc) is 2.37. The van der Waals surface area contributed by atoms with Gasteiger partial charge in [-0.15, -0.1) is 0 Å². The Morgan fingerprint density at radius 2 is 2.00 bits per heavy atom. The topological polar surface area (TPSA) is 29.5 Å². The standard InChI is InChI=1S/C18H23NO2/c1-14-10-11-19(17(20)21-18(2,3)4)16(12-14)13-15-8-6-5-7-9-15/h5-11,16H,1,12-13H2,2-4H3. The fraction of sp³-hybridized carbons (Fsp3) is 0.389. The van der Waals surface area contributed by atoms with Crippen LogP contribution in [0.25, 0.3) is 0 Å². The number of ether oxygens (including phenoxy) is 1. The maximum atomic E-state index is 12.3. The van der Waals surface area contributed by atoms with E-state index in [1.165, 1.54) is 5.56 Å². The molecule has 0 N–H and O–H groups in total. The van der Waals surface area contributed by atoms with E-state index < -0.39 is 5.60 Å². The molecule has 1 unspecified atom stereocenters. The summed E-state index contributed by atoms with van der Waals surface area (Å²) >= 11 is 0. The van der Waals surface area contributed by atoms with E-state index in [0.29, 0.717) is 0 Å². The van der Waals surface area contributed by atoms with Gasteiger partial charge in [0.25, 0.3) is 0 Å². The van der Waals surface area contributed by atoms with Crippen LogP contribution in [0.15, 0.2) is 54.8 Å². The Hall–Kier alpha value is -2.03. The number of allylic oxidation sites excluding steroid dienone is 1. The number of rotatable bonds is 2. The fourth-order valence-electron chi connectivity index (χ4n) is 2.36. The Morgan fingerprint density at radius 3 is 2.62 bits per heavy atom. The van der Waals surface area contributed by atoms with Crippen LogP contribution in [0.3, 0.4) is 0 Å². The lowest BCUT2D eigenvalue weighted by Gasteiger charge is -2.34.